The fraction of sp³-hybridized carbons (Fsp3) is 0.393. The van der Waals surface area contributed by atoms with E-state index in [1.54, 1.807) is 42.6 Å². The summed E-state index contributed by atoms with van der Waals surface area (Å²) in [6.45, 7) is 7.74. The first-order valence-corrected chi connectivity index (χ1v) is 14.7. The highest BCUT2D eigenvalue weighted by Gasteiger charge is 2.23. The molecule has 2 aromatic carbocycles. The van der Waals surface area contributed by atoms with Crippen molar-refractivity contribution in [1.29, 1.82) is 0 Å². The molecule has 0 amide bonds. The number of rotatable bonds is 12. The van der Waals surface area contributed by atoms with Gasteiger partial charge in [0.1, 0.15) is 17.3 Å². The Balaban J connectivity index is 1.73. The van der Waals surface area contributed by atoms with Crippen molar-refractivity contribution in [3.05, 3.63) is 69.9 Å². The molecule has 0 spiro atoms. The fourth-order valence-electron chi connectivity index (χ4n) is 4.61. The highest BCUT2D eigenvalue weighted by atomic mass is 32.2. The number of H-pyrrole nitrogens is 1. The summed E-state index contributed by atoms with van der Waals surface area (Å²) in [5, 5.41) is 15.3. The number of ether oxygens (including phenoxy) is 2. The summed E-state index contributed by atoms with van der Waals surface area (Å²) in [6, 6.07) is 11.1. The van der Waals surface area contributed by atoms with E-state index in [-0.39, 0.29) is 28.7 Å². The van der Waals surface area contributed by atoms with Crippen LogP contribution in [-0.4, -0.2) is 53.4 Å². The number of aliphatic hydroxyl groups is 1. The van der Waals surface area contributed by atoms with Crippen LogP contribution in [0.2, 0.25) is 0 Å². The molecule has 2 heterocycles. The quantitative estimate of drug-likeness (QED) is 0.234. The average molecular weight is 570 g/mol. The molecule has 0 saturated carbocycles. The lowest BCUT2D eigenvalue weighted by atomic mass is 10.0. The summed E-state index contributed by atoms with van der Waals surface area (Å²) in [5.74, 6) is 1.84. The number of benzene rings is 2. The molecule has 0 radical (unpaired) electrons. The van der Waals surface area contributed by atoms with Crippen LogP contribution in [0.3, 0.4) is 0 Å². The fourth-order valence-corrected chi connectivity index (χ4v) is 5.68. The molecule has 1 atom stereocenters. The minimum Gasteiger partial charge on any atom is -0.497 e. The zero-order chi connectivity index (χ0) is 29.0. The topological polar surface area (TPSA) is 148 Å². The summed E-state index contributed by atoms with van der Waals surface area (Å²) in [7, 11) is -2.54. The van der Waals surface area contributed by atoms with E-state index in [9.17, 15) is 18.3 Å². The van der Waals surface area contributed by atoms with Gasteiger partial charge in [0.25, 0.3) is 5.56 Å². The van der Waals surface area contributed by atoms with Crippen LogP contribution < -0.4 is 19.8 Å². The van der Waals surface area contributed by atoms with E-state index in [1.807, 2.05) is 0 Å². The molecular formula is C28H35N5O6S. The van der Waals surface area contributed by atoms with Crippen LogP contribution in [0.4, 0.5) is 0 Å². The minimum absolute atomic E-state index is 0.0754. The number of hydrogen-bond acceptors (Lipinski definition) is 8. The van der Waals surface area contributed by atoms with Gasteiger partial charge in [-0.2, -0.15) is 0 Å². The van der Waals surface area contributed by atoms with Gasteiger partial charge in [0.15, 0.2) is 11.3 Å². The van der Waals surface area contributed by atoms with E-state index in [4.69, 9.17) is 14.6 Å². The molecule has 2 aromatic heterocycles. The smallest absolute Gasteiger partial charge is 0.277 e. The third-order valence-electron chi connectivity index (χ3n) is 6.81. The normalized spacial score (nSPS) is 12.7. The second kappa shape index (κ2) is 12.2. The lowest BCUT2D eigenvalue weighted by Crippen LogP contribution is -2.28. The number of aromatic amines is 1. The molecule has 4 rings (SSSR count). The molecule has 0 aliphatic carbocycles. The maximum Gasteiger partial charge on any atom is 0.277 e. The van der Waals surface area contributed by atoms with Gasteiger partial charge in [-0.05, 0) is 62.6 Å². The number of aromatic nitrogens is 4. The first-order valence-electron chi connectivity index (χ1n) is 13.2. The number of imidazole rings is 1. The zero-order valence-electron chi connectivity index (χ0n) is 23.3. The summed E-state index contributed by atoms with van der Waals surface area (Å²) < 4.78 is 41.5. The molecule has 4 aromatic rings. The Morgan fingerprint density at radius 2 is 1.88 bits per heavy atom. The summed E-state index contributed by atoms with van der Waals surface area (Å²) in [4.78, 5) is 20.5. The van der Waals surface area contributed by atoms with Gasteiger partial charge < -0.3 is 19.6 Å². The first-order chi connectivity index (χ1) is 19.1. The molecule has 0 aliphatic rings. The van der Waals surface area contributed by atoms with Crippen LogP contribution in [-0.2, 0) is 10.0 Å². The second-order valence-corrected chi connectivity index (χ2v) is 11.1. The zero-order valence-corrected chi connectivity index (χ0v) is 24.1. The van der Waals surface area contributed by atoms with Gasteiger partial charge in [-0.3, -0.25) is 4.79 Å². The number of fused-ring (bicyclic) bond motifs is 1. The molecule has 11 nitrogen and oxygen atoms in total. The predicted octanol–water partition coefficient (Wildman–Crippen LogP) is 3.72. The summed E-state index contributed by atoms with van der Waals surface area (Å²) >= 11 is 0. The van der Waals surface area contributed by atoms with Crippen molar-refractivity contribution >= 4 is 15.5 Å². The maximum atomic E-state index is 13.3. The van der Waals surface area contributed by atoms with Gasteiger partial charge in [-0.15, -0.1) is 5.10 Å². The van der Waals surface area contributed by atoms with Crippen molar-refractivity contribution < 1.29 is 23.0 Å². The van der Waals surface area contributed by atoms with E-state index in [2.05, 4.69) is 28.5 Å². The third-order valence-corrected chi connectivity index (χ3v) is 8.23. The number of sulfonamides is 1. The molecule has 214 valence electrons. The van der Waals surface area contributed by atoms with Crippen LogP contribution in [0.15, 0.2) is 52.2 Å². The molecular weight excluding hydrogens is 534 g/mol. The Kier molecular flexibility index (Phi) is 8.92. The molecule has 0 bridgehead atoms. The highest BCUT2D eigenvalue weighted by molar-refractivity contribution is 7.89. The Labute approximate surface area is 233 Å². The van der Waals surface area contributed by atoms with Crippen molar-refractivity contribution in [2.45, 2.75) is 57.5 Å². The van der Waals surface area contributed by atoms with Gasteiger partial charge in [-0.1, -0.05) is 26.0 Å². The summed E-state index contributed by atoms with van der Waals surface area (Å²) in [6.07, 6.45) is 0.550. The Morgan fingerprint density at radius 1 is 1.12 bits per heavy atom. The van der Waals surface area contributed by atoms with Crippen LogP contribution in [0, 0.1) is 6.92 Å². The summed E-state index contributed by atoms with van der Waals surface area (Å²) in [5.41, 5.74) is 1.35. The Bertz CT molecular complexity index is 1660. The second-order valence-electron chi connectivity index (χ2n) is 9.37. The lowest BCUT2D eigenvalue weighted by molar-refractivity contribution is 0.181. The molecule has 0 aliphatic heterocycles. The van der Waals surface area contributed by atoms with E-state index in [1.165, 1.54) is 25.3 Å². The van der Waals surface area contributed by atoms with Gasteiger partial charge in [0.05, 0.1) is 36.0 Å². The highest BCUT2D eigenvalue weighted by Crippen LogP contribution is 2.31. The van der Waals surface area contributed by atoms with Crippen molar-refractivity contribution in [3.8, 4) is 22.9 Å². The van der Waals surface area contributed by atoms with Crippen LogP contribution >= 0.6 is 0 Å². The maximum absolute atomic E-state index is 13.3. The molecule has 3 N–H and O–H groups in total. The molecule has 0 saturated heterocycles. The third kappa shape index (κ3) is 5.88. The van der Waals surface area contributed by atoms with Crippen molar-refractivity contribution in [1.82, 2.24) is 24.3 Å². The SMILES string of the molecule is CCOc1ccc(S(=O)(=O)NCC(O)c2cccc(OC)c2)cc1-c1nn2c(C(CC)CC)nc(C)c2c(=O)[nH]1. The number of aliphatic hydroxyl groups excluding tert-OH is 1. The minimum atomic E-state index is -4.05. The number of methoxy groups -OCH3 is 1. The van der Waals surface area contributed by atoms with Gasteiger partial charge in [0.2, 0.25) is 10.0 Å². The number of hydrogen-bond donors (Lipinski definition) is 3. The van der Waals surface area contributed by atoms with E-state index in [0.717, 1.165) is 12.8 Å². The van der Waals surface area contributed by atoms with E-state index < -0.39 is 16.1 Å². The van der Waals surface area contributed by atoms with Crippen LogP contribution in [0.25, 0.3) is 16.9 Å². The van der Waals surface area contributed by atoms with Crippen LogP contribution in [0.1, 0.15) is 62.7 Å². The largest absolute Gasteiger partial charge is 0.497 e. The van der Waals surface area contributed by atoms with E-state index in [0.29, 0.717) is 46.3 Å². The molecule has 1 unspecified atom stereocenters. The Morgan fingerprint density at radius 3 is 2.55 bits per heavy atom. The van der Waals surface area contributed by atoms with Crippen molar-refractivity contribution in [3.63, 3.8) is 0 Å². The van der Waals surface area contributed by atoms with E-state index >= 15 is 0 Å². The molecule has 12 heteroatoms. The standard InChI is InChI=1S/C28H35N5O6S/c1-6-18(7-2)27-30-17(4)25-28(35)31-26(32-33(25)27)22-15-21(12-13-24(22)39-8-3)40(36,37)29-16-23(34)19-10-9-11-20(14-19)38-5/h9-15,18,23,29,34H,6-8,16H2,1-5H3,(H,31,32,35). The van der Waals surface area contributed by atoms with Crippen molar-refractivity contribution in [2.75, 3.05) is 20.3 Å². The molecule has 0 fully saturated rings. The van der Waals surface area contributed by atoms with Gasteiger partial charge in [-0.25, -0.2) is 22.6 Å². The molecule has 40 heavy (non-hydrogen) atoms. The van der Waals surface area contributed by atoms with Crippen molar-refractivity contribution in [2.24, 2.45) is 0 Å². The van der Waals surface area contributed by atoms with Gasteiger partial charge in [0, 0.05) is 12.5 Å². The number of aryl methyl sites for hydroxylation is 1. The van der Waals surface area contributed by atoms with Gasteiger partial charge >= 0.3 is 0 Å². The Hall–Kier alpha value is -3.74. The predicted molar refractivity (Wildman–Crippen MR) is 151 cm³/mol. The lowest BCUT2D eigenvalue weighted by Gasteiger charge is -2.15. The number of nitrogens with one attached hydrogen (secondary N) is 2. The monoisotopic (exact) mass is 569 g/mol. The first kappa shape index (κ1) is 29.2. The number of nitrogens with zero attached hydrogens (tertiary/aromatic N) is 3. The van der Waals surface area contributed by atoms with Crippen LogP contribution in [0.5, 0.6) is 11.5 Å². The average Bonchev–Trinajstić information content (AvgIpc) is 3.29.